The van der Waals surface area contributed by atoms with E-state index in [0.29, 0.717) is 18.8 Å². The lowest BCUT2D eigenvalue weighted by Gasteiger charge is -2.18. The lowest BCUT2D eigenvalue weighted by Crippen LogP contribution is -2.24. The molecule has 1 aromatic rings. The Morgan fingerprint density at radius 3 is 2.88 bits per heavy atom. The van der Waals surface area contributed by atoms with E-state index >= 15 is 0 Å². The number of nitrogens with one attached hydrogen (secondary N) is 1. The van der Waals surface area contributed by atoms with Gasteiger partial charge in [0.15, 0.2) is 5.82 Å². The van der Waals surface area contributed by atoms with Gasteiger partial charge in [0.2, 0.25) is 5.67 Å². The van der Waals surface area contributed by atoms with Crippen molar-refractivity contribution >= 4 is 0 Å². The second kappa shape index (κ2) is 4.34. The lowest BCUT2D eigenvalue weighted by atomic mass is 9.99. The Hall–Kier alpha value is -1.01. The SMILES string of the molecule is FC1(c2nc(C3CCOCC3)no2)CCNC1. The molecule has 94 valence electrons. The lowest BCUT2D eigenvalue weighted by molar-refractivity contribution is 0.0830. The first-order chi connectivity index (χ1) is 8.28. The molecule has 0 amide bonds. The summed E-state index contributed by atoms with van der Waals surface area (Å²) < 4.78 is 24.7. The summed E-state index contributed by atoms with van der Waals surface area (Å²) in [5.74, 6) is 1.01. The molecule has 5 nitrogen and oxygen atoms in total. The fraction of sp³-hybridized carbons (Fsp3) is 0.818. The number of halogens is 1. The average Bonchev–Trinajstić information content (AvgIpc) is 2.99. The molecule has 2 aliphatic rings. The minimum Gasteiger partial charge on any atom is -0.381 e. The third-order valence-electron chi connectivity index (χ3n) is 3.51. The van der Waals surface area contributed by atoms with Gasteiger partial charge in [0.25, 0.3) is 5.89 Å². The van der Waals surface area contributed by atoms with E-state index < -0.39 is 5.67 Å². The molecule has 1 unspecified atom stereocenters. The van der Waals surface area contributed by atoms with Gasteiger partial charge in [-0.2, -0.15) is 4.98 Å². The molecule has 0 radical (unpaired) electrons. The Morgan fingerprint density at radius 2 is 2.18 bits per heavy atom. The van der Waals surface area contributed by atoms with Crippen molar-refractivity contribution in [2.24, 2.45) is 0 Å². The summed E-state index contributed by atoms with van der Waals surface area (Å²) in [4.78, 5) is 4.24. The molecule has 3 heterocycles. The molecule has 0 bridgehead atoms. The van der Waals surface area contributed by atoms with E-state index in [1.165, 1.54) is 0 Å². The highest BCUT2D eigenvalue weighted by molar-refractivity contribution is 5.06. The van der Waals surface area contributed by atoms with Gasteiger partial charge in [-0.25, -0.2) is 4.39 Å². The minimum absolute atomic E-state index is 0.129. The fourth-order valence-electron chi connectivity index (χ4n) is 2.38. The van der Waals surface area contributed by atoms with Crippen LogP contribution < -0.4 is 5.32 Å². The third kappa shape index (κ3) is 2.07. The van der Waals surface area contributed by atoms with Crippen molar-refractivity contribution in [1.82, 2.24) is 15.5 Å². The molecule has 6 heteroatoms. The molecule has 1 aromatic heterocycles. The summed E-state index contributed by atoms with van der Waals surface area (Å²) in [7, 11) is 0. The van der Waals surface area contributed by atoms with Crippen LogP contribution in [0, 0.1) is 0 Å². The summed E-state index contributed by atoms with van der Waals surface area (Å²) in [5, 5.41) is 6.90. The molecule has 2 fully saturated rings. The van der Waals surface area contributed by atoms with E-state index in [1.54, 1.807) is 0 Å². The van der Waals surface area contributed by atoms with Gasteiger partial charge in [0.1, 0.15) is 0 Å². The van der Waals surface area contributed by atoms with Gasteiger partial charge in [0, 0.05) is 32.1 Å². The summed E-state index contributed by atoms with van der Waals surface area (Å²) in [6, 6.07) is 0. The molecule has 0 aromatic carbocycles. The van der Waals surface area contributed by atoms with Crippen molar-refractivity contribution in [2.45, 2.75) is 30.8 Å². The first kappa shape index (κ1) is 11.1. The molecule has 0 aliphatic carbocycles. The zero-order valence-electron chi connectivity index (χ0n) is 9.62. The van der Waals surface area contributed by atoms with E-state index in [1.807, 2.05) is 0 Å². The van der Waals surface area contributed by atoms with Crippen LogP contribution in [0.25, 0.3) is 0 Å². The van der Waals surface area contributed by atoms with Crippen molar-refractivity contribution in [3.05, 3.63) is 11.7 Å². The number of ether oxygens (including phenoxy) is 1. The van der Waals surface area contributed by atoms with Crippen molar-refractivity contribution in [2.75, 3.05) is 26.3 Å². The molecule has 0 saturated carbocycles. The second-order valence-corrected chi connectivity index (χ2v) is 4.74. The van der Waals surface area contributed by atoms with E-state index in [-0.39, 0.29) is 18.4 Å². The van der Waals surface area contributed by atoms with Crippen LogP contribution in [0.2, 0.25) is 0 Å². The second-order valence-electron chi connectivity index (χ2n) is 4.74. The summed E-state index contributed by atoms with van der Waals surface area (Å²) in [5.41, 5.74) is -1.48. The van der Waals surface area contributed by atoms with E-state index in [2.05, 4.69) is 15.5 Å². The zero-order chi connectivity index (χ0) is 11.7. The van der Waals surface area contributed by atoms with E-state index in [4.69, 9.17) is 9.26 Å². The molecular weight excluding hydrogens is 225 g/mol. The van der Waals surface area contributed by atoms with Crippen LogP contribution in [0.1, 0.15) is 36.9 Å². The first-order valence-corrected chi connectivity index (χ1v) is 6.09. The Labute approximate surface area is 98.7 Å². The molecule has 1 atom stereocenters. The summed E-state index contributed by atoms with van der Waals surface area (Å²) >= 11 is 0. The van der Waals surface area contributed by atoms with Crippen molar-refractivity contribution in [3.63, 3.8) is 0 Å². The molecule has 3 rings (SSSR count). The van der Waals surface area contributed by atoms with Gasteiger partial charge in [-0.3, -0.25) is 0 Å². The number of hydrogen-bond donors (Lipinski definition) is 1. The average molecular weight is 241 g/mol. The van der Waals surface area contributed by atoms with Crippen LogP contribution in [0.3, 0.4) is 0 Å². The molecule has 1 N–H and O–H groups in total. The van der Waals surface area contributed by atoms with Gasteiger partial charge in [0.05, 0.1) is 0 Å². The predicted octanol–water partition coefficient (Wildman–Crippen LogP) is 1.12. The first-order valence-electron chi connectivity index (χ1n) is 6.09. The van der Waals surface area contributed by atoms with Gasteiger partial charge in [-0.15, -0.1) is 0 Å². The maximum Gasteiger partial charge on any atom is 0.265 e. The Balaban J connectivity index is 1.77. The highest BCUT2D eigenvalue weighted by atomic mass is 19.1. The zero-order valence-corrected chi connectivity index (χ0v) is 9.62. The largest absolute Gasteiger partial charge is 0.381 e. The van der Waals surface area contributed by atoms with E-state index in [9.17, 15) is 4.39 Å². The van der Waals surface area contributed by atoms with Gasteiger partial charge >= 0.3 is 0 Å². The third-order valence-corrected chi connectivity index (χ3v) is 3.51. The van der Waals surface area contributed by atoms with Crippen molar-refractivity contribution < 1.29 is 13.7 Å². The molecule has 0 spiro atoms. The number of nitrogens with zero attached hydrogens (tertiary/aromatic N) is 2. The van der Waals surface area contributed by atoms with Crippen LogP contribution in [-0.2, 0) is 10.4 Å². The van der Waals surface area contributed by atoms with Crippen LogP contribution in [-0.4, -0.2) is 36.4 Å². The maximum atomic E-state index is 14.3. The number of aromatic nitrogens is 2. The Morgan fingerprint density at radius 1 is 1.35 bits per heavy atom. The van der Waals surface area contributed by atoms with Crippen LogP contribution in [0.15, 0.2) is 4.52 Å². The summed E-state index contributed by atoms with van der Waals surface area (Å²) in [6.07, 6.45) is 2.18. The fourth-order valence-corrected chi connectivity index (χ4v) is 2.38. The number of hydrogen-bond acceptors (Lipinski definition) is 5. The maximum absolute atomic E-state index is 14.3. The Kier molecular flexibility index (Phi) is 2.84. The van der Waals surface area contributed by atoms with Gasteiger partial charge < -0.3 is 14.6 Å². The molecule has 2 aliphatic heterocycles. The smallest absolute Gasteiger partial charge is 0.265 e. The van der Waals surface area contributed by atoms with Crippen LogP contribution in [0.4, 0.5) is 4.39 Å². The van der Waals surface area contributed by atoms with E-state index in [0.717, 1.165) is 26.1 Å². The topological polar surface area (TPSA) is 60.2 Å². The minimum atomic E-state index is -1.48. The molecule has 2 saturated heterocycles. The highest BCUT2D eigenvalue weighted by Gasteiger charge is 2.41. The Bertz CT molecular complexity index is 384. The highest BCUT2D eigenvalue weighted by Crippen LogP contribution is 2.33. The van der Waals surface area contributed by atoms with Crippen LogP contribution >= 0.6 is 0 Å². The molecular formula is C11H16FN3O2. The van der Waals surface area contributed by atoms with Crippen molar-refractivity contribution in [3.8, 4) is 0 Å². The normalized spacial score (nSPS) is 30.9. The standard InChI is InChI=1S/C11H16FN3O2/c12-11(3-4-13-7-11)10-14-9(15-17-10)8-1-5-16-6-2-8/h8,13H,1-7H2. The number of alkyl halides is 1. The van der Waals surface area contributed by atoms with Crippen molar-refractivity contribution in [1.29, 1.82) is 0 Å². The number of rotatable bonds is 2. The van der Waals surface area contributed by atoms with Crippen LogP contribution in [0.5, 0.6) is 0 Å². The summed E-state index contributed by atoms with van der Waals surface area (Å²) in [6.45, 7) is 2.36. The quantitative estimate of drug-likeness (QED) is 0.840. The van der Waals surface area contributed by atoms with Gasteiger partial charge in [-0.1, -0.05) is 5.16 Å². The monoisotopic (exact) mass is 241 g/mol. The predicted molar refractivity (Wildman–Crippen MR) is 57.4 cm³/mol. The molecule has 17 heavy (non-hydrogen) atoms. The van der Waals surface area contributed by atoms with Gasteiger partial charge in [-0.05, 0) is 19.4 Å².